The minimum Gasteiger partial charge on any atom is -0.465 e. The Morgan fingerprint density at radius 3 is 2.73 bits per heavy atom. The van der Waals surface area contributed by atoms with Crippen molar-refractivity contribution < 1.29 is 19.1 Å². The van der Waals surface area contributed by atoms with Crippen molar-refractivity contribution in [2.45, 2.75) is 25.5 Å². The molecule has 1 saturated heterocycles. The summed E-state index contributed by atoms with van der Waals surface area (Å²) in [5.74, 6) is -0.222. The second-order valence-electron chi connectivity index (χ2n) is 7.83. The van der Waals surface area contributed by atoms with Gasteiger partial charge >= 0.3 is 5.97 Å². The fraction of sp³-hybridized carbons (Fsp3) is 0.280. The average Bonchev–Trinajstić information content (AvgIpc) is 3.35. The fourth-order valence-corrected chi connectivity index (χ4v) is 3.78. The van der Waals surface area contributed by atoms with Crippen LogP contribution in [0.1, 0.15) is 34.6 Å². The molecule has 1 aliphatic rings. The van der Waals surface area contributed by atoms with E-state index in [1.54, 1.807) is 53.4 Å². The summed E-state index contributed by atoms with van der Waals surface area (Å²) in [6, 6.07) is 13.9. The molecule has 8 heteroatoms. The van der Waals surface area contributed by atoms with Gasteiger partial charge in [0.1, 0.15) is 5.82 Å². The normalized spacial score (nSPS) is 15.7. The number of aromatic nitrogens is 2. The third kappa shape index (κ3) is 5.53. The number of esters is 1. The average molecular weight is 447 g/mol. The minimum atomic E-state index is -0.416. The van der Waals surface area contributed by atoms with Gasteiger partial charge in [-0.3, -0.25) is 9.59 Å². The van der Waals surface area contributed by atoms with E-state index in [1.165, 1.54) is 13.2 Å². The van der Waals surface area contributed by atoms with Crippen LogP contribution in [0.3, 0.4) is 0 Å². The van der Waals surface area contributed by atoms with E-state index in [4.69, 9.17) is 9.47 Å². The van der Waals surface area contributed by atoms with Crippen LogP contribution in [0.2, 0.25) is 0 Å². The fourth-order valence-electron chi connectivity index (χ4n) is 3.78. The van der Waals surface area contributed by atoms with Gasteiger partial charge in [0.25, 0.3) is 5.56 Å². The summed E-state index contributed by atoms with van der Waals surface area (Å²) in [4.78, 5) is 46.0. The van der Waals surface area contributed by atoms with Gasteiger partial charge in [-0.1, -0.05) is 24.3 Å². The summed E-state index contributed by atoms with van der Waals surface area (Å²) in [6.45, 7) is 1.24. The van der Waals surface area contributed by atoms with Crippen LogP contribution >= 0.6 is 0 Å². The molecule has 1 N–H and O–H groups in total. The molecular weight excluding hydrogens is 422 g/mol. The highest BCUT2D eigenvalue weighted by atomic mass is 16.5. The molecule has 1 aromatic heterocycles. The van der Waals surface area contributed by atoms with Gasteiger partial charge in [-0.2, -0.15) is 0 Å². The predicted octanol–water partition coefficient (Wildman–Crippen LogP) is 2.93. The second kappa shape index (κ2) is 10.2. The van der Waals surface area contributed by atoms with Gasteiger partial charge in [-0.15, -0.1) is 0 Å². The van der Waals surface area contributed by atoms with Crippen LogP contribution < -0.4 is 5.56 Å². The van der Waals surface area contributed by atoms with Crippen molar-refractivity contribution in [1.82, 2.24) is 14.9 Å². The molecule has 2 heterocycles. The van der Waals surface area contributed by atoms with Gasteiger partial charge in [0.2, 0.25) is 5.91 Å². The monoisotopic (exact) mass is 447 g/mol. The number of fused-ring (bicyclic) bond motifs is 1. The largest absolute Gasteiger partial charge is 0.465 e. The number of benzene rings is 2. The Labute approximate surface area is 190 Å². The first-order chi connectivity index (χ1) is 16.0. The van der Waals surface area contributed by atoms with Crippen molar-refractivity contribution in [1.29, 1.82) is 0 Å². The first kappa shape index (κ1) is 22.4. The summed E-state index contributed by atoms with van der Waals surface area (Å²) in [7, 11) is 1.33. The van der Waals surface area contributed by atoms with Gasteiger partial charge < -0.3 is 19.4 Å². The molecule has 1 atom stereocenters. The summed E-state index contributed by atoms with van der Waals surface area (Å²) in [5.41, 5.74) is 1.56. The quantitative estimate of drug-likeness (QED) is 0.441. The topological polar surface area (TPSA) is 102 Å². The molecule has 2 aromatic carbocycles. The molecule has 0 aliphatic carbocycles. The zero-order valence-corrected chi connectivity index (χ0v) is 18.3. The Kier molecular flexibility index (Phi) is 6.95. The molecule has 4 rings (SSSR count). The predicted molar refractivity (Wildman–Crippen MR) is 124 cm³/mol. The summed E-state index contributed by atoms with van der Waals surface area (Å²) >= 11 is 0. The molecule has 1 amide bonds. The van der Waals surface area contributed by atoms with Crippen LogP contribution in [-0.4, -0.2) is 53.1 Å². The first-order valence-corrected chi connectivity index (χ1v) is 10.8. The lowest BCUT2D eigenvalue weighted by Crippen LogP contribution is -2.36. The molecule has 0 spiro atoms. The number of methoxy groups -OCH3 is 1. The van der Waals surface area contributed by atoms with E-state index >= 15 is 0 Å². The lowest BCUT2D eigenvalue weighted by molar-refractivity contribution is -0.128. The number of amides is 1. The maximum atomic E-state index is 13.1. The number of para-hydroxylation sites is 1. The maximum Gasteiger partial charge on any atom is 0.337 e. The van der Waals surface area contributed by atoms with Crippen LogP contribution in [0.25, 0.3) is 17.0 Å². The summed E-state index contributed by atoms with van der Waals surface area (Å²) in [5, 5.41) is 0.508. The van der Waals surface area contributed by atoms with Crippen LogP contribution in [0.5, 0.6) is 0 Å². The number of nitrogens with one attached hydrogen (secondary N) is 1. The van der Waals surface area contributed by atoms with Gasteiger partial charge in [0.15, 0.2) is 0 Å². The number of hydrogen-bond acceptors (Lipinski definition) is 6. The zero-order chi connectivity index (χ0) is 23.2. The number of H-pyrrole nitrogens is 1. The number of aromatic amines is 1. The SMILES string of the molecule is COC(=O)c1ccc(/C=C/C(=O)N(Cc2nc3ccccc3c(=O)[nH]2)C[C@@H]2CCCO2)cc1. The Hall–Kier alpha value is -3.78. The van der Waals surface area contributed by atoms with Gasteiger partial charge in [0.05, 0.1) is 36.2 Å². The minimum absolute atomic E-state index is 0.0473. The highest BCUT2D eigenvalue weighted by Gasteiger charge is 2.22. The number of carbonyl (C=O) groups excluding carboxylic acids is 2. The van der Waals surface area contributed by atoms with Gasteiger partial charge in [-0.05, 0) is 48.7 Å². The number of nitrogens with zero attached hydrogens (tertiary/aromatic N) is 2. The van der Waals surface area contributed by atoms with Crippen molar-refractivity contribution >= 4 is 28.9 Å². The Balaban J connectivity index is 1.53. The lowest BCUT2D eigenvalue weighted by atomic mass is 10.1. The highest BCUT2D eigenvalue weighted by Crippen LogP contribution is 2.16. The van der Waals surface area contributed by atoms with Crippen molar-refractivity contribution in [3.05, 3.63) is 81.9 Å². The van der Waals surface area contributed by atoms with E-state index in [2.05, 4.69) is 9.97 Å². The molecule has 0 bridgehead atoms. The van der Waals surface area contributed by atoms with Crippen LogP contribution in [0.15, 0.2) is 59.4 Å². The van der Waals surface area contributed by atoms with Gasteiger partial charge in [0, 0.05) is 19.2 Å². The van der Waals surface area contributed by atoms with Crippen molar-refractivity contribution in [2.24, 2.45) is 0 Å². The molecule has 3 aromatic rings. The number of carbonyl (C=O) groups is 2. The van der Waals surface area contributed by atoms with E-state index < -0.39 is 5.97 Å². The third-order valence-electron chi connectivity index (χ3n) is 5.51. The Bertz CT molecular complexity index is 1230. The summed E-state index contributed by atoms with van der Waals surface area (Å²) < 4.78 is 10.4. The van der Waals surface area contributed by atoms with Crippen molar-refractivity contribution in [3.63, 3.8) is 0 Å². The Morgan fingerprint density at radius 2 is 2.00 bits per heavy atom. The van der Waals surface area contributed by atoms with Crippen LogP contribution in [0, 0.1) is 0 Å². The zero-order valence-electron chi connectivity index (χ0n) is 18.3. The number of ether oxygens (including phenoxy) is 2. The van der Waals surface area contributed by atoms with Crippen molar-refractivity contribution in [2.75, 3.05) is 20.3 Å². The highest BCUT2D eigenvalue weighted by molar-refractivity contribution is 5.92. The first-order valence-electron chi connectivity index (χ1n) is 10.8. The van der Waals surface area contributed by atoms with E-state index in [-0.39, 0.29) is 24.1 Å². The molecule has 33 heavy (non-hydrogen) atoms. The van der Waals surface area contributed by atoms with Crippen LogP contribution in [-0.2, 0) is 20.8 Å². The number of hydrogen-bond donors (Lipinski definition) is 1. The molecule has 8 nitrogen and oxygen atoms in total. The molecule has 0 saturated carbocycles. The Morgan fingerprint density at radius 1 is 1.21 bits per heavy atom. The third-order valence-corrected chi connectivity index (χ3v) is 5.51. The summed E-state index contributed by atoms with van der Waals surface area (Å²) in [6.07, 6.45) is 4.95. The second-order valence-corrected chi connectivity index (χ2v) is 7.83. The molecule has 170 valence electrons. The number of rotatable bonds is 7. The van der Waals surface area contributed by atoms with Gasteiger partial charge in [-0.25, -0.2) is 9.78 Å². The molecule has 0 unspecified atom stereocenters. The molecule has 0 radical (unpaired) electrons. The molecule has 1 fully saturated rings. The molecular formula is C25H25N3O5. The smallest absolute Gasteiger partial charge is 0.337 e. The van der Waals surface area contributed by atoms with E-state index in [9.17, 15) is 14.4 Å². The maximum absolute atomic E-state index is 13.1. The lowest BCUT2D eigenvalue weighted by Gasteiger charge is -2.24. The standard InChI is InChI=1S/C25H25N3O5/c1-32-25(31)18-11-8-17(9-12-18)10-13-23(29)28(15-19-5-4-14-33-19)16-22-26-21-7-3-2-6-20(21)24(30)27-22/h2-3,6-13,19H,4-5,14-16H2,1H3,(H,26,27,30)/b13-10+/t19-/m0/s1. The van der Waals surface area contributed by atoms with E-state index in [1.807, 2.05) is 6.07 Å². The van der Waals surface area contributed by atoms with E-state index in [0.29, 0.717) is 35.4 Å². The van der Waals surface area contributed by atoms with Crippen LogP contribution in [0.4, 0.5) is 0 Å². The van der Waals surface area contributed by atoms with E-state index in [0.717, 1.165) is 18.4 Å². The molecule has 1 aliphatic heterocycles. The van der Waals surface area contributed by atoms with Crippen molar-refractivity contribution in [3.8, 4) is 0 Å².